The Hall–Kier alpha value is -2.77. The zero-order valence-corrected chi connectivity index (χ0v) is 16.7. The van der Waals surface area contributed by atoms with Gasteiger partial charge in [0.15, 0.2) is 23.0 Å². The molecule has 2 rings (SSSR count). The van der Waals surface area contributed by atoms with E-state index in [-0.39, 0.29) is 36.7 Å². The van der Waals surface area contributed by atoms with Gasteiger partial charge in [-0.05, 0) is 54.7 Å². The summed E-state index contributed by atoms with van der Waals surface area (Å²) in [7, 11) is 2.90. The first-order chi connectivity index (χ1) is 13.9. The second kappa shape index (κ2) is 10.7. The van der Waals surface area contributed by atoms with Crippen molar-refractivity contribution in [3.05, 3.63) is 47.5 Å². The first-order valence-corrected chi connectivity index (χ1v) is 9.41. The maximum Gasteiger partial charge on any atom is 0.160 e. The normalized spacial score (nSPS) is 13.0. The molecular weight excluding hydrogens is 376 g/mol. The van der Waals surface area contributed by atoms with Crippen molar-refractivity contribution in [2.75, 3.05) is 20.8 Å². The molecular formula is C22H28O7. The molecule has 29 heavy (non-hydrogen) atoms. The number of phenolic OH excluding ortho intramolecular Hbond substituents is 2. The smallest absolute Gasteiger partial charge is 0.160 e. The number of hydrogen-bond donors (Lipinski definition) is 4. The van der Waals surface area contributed by atoms with E-state index in [2.05, 4.69) is 0 Å². The summed E-state index contributed by atoms with van der Waals surface area (Å²) in [5.41, 5.74) is 1.62. The van der Waals surface area contributed by atoms with Crippen molar-refractivity contribution in [2.24, 2.45) is 5.92 Å². The van der Waals surface area contributed by atoms with Crippen LogP contribution in [0.1, 0.15) is 24.0 Å². The van der Waals surface area contributed by atoms with Gasteiger partial charge in [0.2, 0.25) is 0 Å². The van der Waals surface area contributed by atoms with E-state index in [1.165, 1.54) is 26.4 Å². The summed E-state index contributed by atoms with van der Waals surface area (Å²) in [6.07, 6.45) is 0.268. The van der Waals surface area contributed by atoms with Gasteiger partial charge in [-0.1, -0.05) is 12.1 Å². The van der Waals surface area contributed by atoms with E-state index in [9.17, 15) is 25.2 Å². The lowest BCUT2D eigenvalue weighted by molar-refractivity contribution is -0.126. The number of ketones is 1. The number of carbonyl (C=O) groups excluding carboxylic acids is 1. The van der Waals surface area contributed by atoms with Crippen molar-refractivity contribution >= 4 is 5.78 Å². The summed E-state index contributed by atoms with van der Waals surface area (Å²) in [4.78, 5) is 12.5. The summed E-state index contributed by atoms with van der Waals surface area (Å²) in [5.74, 6) is -0.162. The molecule has 2 aromatic carbocycles. The third-order valence-electron chi connectivity index (χ3n) is 4.85. The molecule has 0 fully saturated rings. The second-order valence-corrected chi connectivity index (χ2v) is 6.96. The predicted molar refractivity (Wildman–Crippen MR) is 108 cm³/mol. The minimum atomic E-state index is -0.842. The van der Waals surface area contributed by atoms with E-state index in [1.807, 2.05) is 0 Å². The number of aliphatic hydroxyl groups excluding tert-OH is 2. The lowest BCUT2D eigenvalue weighted by Crippen LogP contribution is -2.25. The van der Waals surface area contributed by atoms with Crippen molar-refractivity contribution < 1.29 is 34.7 Å². The lowest BCUT2D eigenvalue weighted by Gasteiger charge is -2.17. The Kier molecular flexibility index (Phi) is 8.30. The molecule has 2 aromatic rings. The van der Waals surface area contributed by atoms with Crippen LogP contribution in [0.15, 0.2) is 36.4 Å². The molecule has 0 radical (unpaired) electrons. The molecule has 158 valence electrons. The maximum absolute atomic E-state index is 12.5. The maximum atomic E-state index is 12.5. The number of aryl methyl sites for hydroxylation is 1. The van der Waals surface area contributed by atoms with Crippen molar-refractivity contribution in [1.29, 1.82) is 0 Å². The van der Waals surface area contributed by atoms with Crippen molar-refractivity contribution in [1.82, 2.24) is 0 Å². The van der Waals surface area contributed by atoms with Gasteiger partial charge >= 0.3 is 0 Å². The van der Waals surface area contributed by atoms with Crippen molar-refractivity contribution in [2.45, 2.75) is 31.8 Å². The molecule has 2 atom stereocenters. The van der Waals surface area contributed by atoms with E-state index >= 15 is 0 Å². The number of phenols is 2. The van der Waals surface area contributed by atoms with Gasteiger partial charge in [-0.15, -0.1) is 0 Å². The SMILES string of the molecule is COc1cc(CC[C@H](O)CC(=O)[C@H](CO)Cc2ccc(O)c(OC)c2)ccc1O. The van der Waals surface area contributed by atoms with Crippen LogP contribution in [0.25, 0.3) is 0 Å². The molecule has 0 spiro atoms. The van der Waals surface area contributed by atoms with Gasteiger partial charge in [-0.3, -0.25) is 4.79 Å². The third kappa shape index (κ3) is 6.37. The summed E-state index contributed by atoms with van der Waals surface area (Å²) in [6.45, 7) is -0.329. The van der Waals surface area contributed by atoms with Gasteiger partial charge in [0.1, 0.15) is 5.78 Å². The Balaban J connectivity index is 1.91. The molecule has 0 unspecified atom stereocenters. The highest BCUT2D eigenvalue weighted by Crippen LogP contribution is 2.28. The fourth-order valence-corrected chi connectivity index (χ4v) is 3.13. The molecule has 7 heteroatoms. The highest BCUT2D eigenvalue weighted by atomic mass is 16.5. The van der Waals surface area contributed by atoms with Crippen LogP contribution < -0.4 is 9.47 Å². The summed E-state index contributed by atoms with van der Waals surface area (Å²) >= 11 is 0. The molecule has 4 N–H and O–H groups in total. The number of hydrogen-bond acceptors (Lipinski definition) is 7. The number of methoxy groups -OCH3 is 2. The Morgan fingerprint density at radius 2 is 1.52 bits per heavy atom. The van der Waals surface area contributed by atoms with Gasteiger partial charge in [0, 0.05) is 12.3 Å². The molecule has 0 aromatic heterocycles. The van der Waals surface area contributed by atoms with Gasteiger partial charge < -0.3 is 29.9 Å². The van der Waals surface area contributed by atoms with Crippen LogP contribution in [0.4, 0.5) is 0 Å². The van der Waals surface area contributed by atoms with E-state index in [1.54, 1.807) is 24.3 Å². The van der Waals surface area contributed by atoms with E-state index in [4.69, 9.17) is 9.47 Å². The fraction of sp³-hybridized carbons (Fsp3) is 0.409. The predicted octanol–water partition coefficient (Wildman–Crippen LogP) is 2.22. The van der Waals surface area contributed by atoms with Crippen molar-refractivity contribution in [3.8, 4) is 23.0 Å². The van der Waals surface area contributed by atoms with Gasteiger partial charge in [-0.2, -0.15) is 0 Å². The molecule has 0 amide bonds. The monoisotopic (exact) mass is 404 g/mol. The van der Waals surface area contributed by atoms with Gasteiger partial charge in [-0.25, -0.2) is 0 Å². The number of aliphatic hydroxyl groups is 2. The average molecular weight is 404 g/mol. The minimum Gasteiger partial charge on any atom is -0.504 e. The molecule has 0 saturated carbocycles. The number of carbonyl (C=O) groups is 1. The quantitative estimate of drug-likeness (QED) is 0.454. The number of Topliss-reactive ketones (excluding diaryl/α,β-unsaturated/α-hetero) is 1. The summed E-state index contributed by atoms with van der Waals surface area (Å²) in [5, 5.41) is 39.2. The number of rotatable bonds is 11. The highest BCUT2D eigenvalue weighted by Gasteiger charge is 2.22. The number of benzene rings is 2. The second-order valence-electron chi connectivity index (χ2n) is 6.96. The summed E-state index contributed by atoms with van der Waals surface area (Å²) < 4.78 is 10.1. The lowest BCUT2D eigenvalue weighted by atomic mass is 9.91. The fourth-order valence-electron chi connectivity index (χ4n) is 3.13. The van der Waals surface area contributed by atoms with Crippen LogP contribution >= 0.6 is 0 Å². The molecule has 0 aliphatic carbocycles. The Bertz CT molecular complexity index is 819. The average Bonchev–Trinajstić information content (AvgIpc) is 2.72. The number of ether oxygens (including phenoxy) is 2. The van der Waals surface area contributed by atoms with Crippen molar-refractivity contribution in [3.63, 3.8) is 0 Å². The van der Waals surface area contributed by atoms with E-state index in [0.29, 0.717) is 24.3 Å². The molecule has 0 bridgehead atoms. The Labute approximate surface area is 170 Å². The molecule has 0 heterocycles. The molecule has 7 nitrogen and oxygen atoms in total. The van der Waals surface area contributed by atoms with Crippen LogP contribution in [0.2, 0.25) is 0 Å². The third-order valence-corrected chi connectivity index (χ3v) is 4.85. The van der Waals surface area contributed by atoms with E-state index in [0.717, 1.165) is 11.1 Å². The van der Waals surface area contributed by atoms with Gasteiger partial charge in [0.25, 0.3) is 0 Å². The van der Waals surface area contributed by atoms with E-state index < -0.39 is 12.0 Å². The minimum absolute atomic E-state index is 0.00408. The van der Waals surface area contributed by atoms with Crippen LogP contribution in [-0.2, 0) is 17.6 Å². The summed E-state index contributed by atoms with van der Waals surface area (Å²) in [6, 6.07) is 9.73. The standard InChI is InChI=1S/C22H28O7/c1-28-21-10-14(4-7-18(21)25)3-6-17(24)12-20(27)16(13-23)9-15-5-8-19(26)22(11-15)29-2/h4-5,7-8,10-11,16-17,23-26H,3,6,9,12-13H2,1-2H3/t16-,17-/m0/s1. The zero-order chi connectivity index (χ0) is 21.4. The van der Waals surface area contributed by atoms with Gasteiger partial charge in [0.05, 0.1) is 26.9 Å². The first-order valence-electron chi connectivity index (χ1n) is 9.41. The molecule has 0 saturated heterocycles. The molecule has 0 aliphatic rings. The first kappa shape index (κ1) is 22.5. The van der Waals surface area contributed by atoms with Crippen LogP contribution in [0.5, 0.6) is 23.0 Å². The topological polar surface area (TPSA) is 116 Å². The largest absolute Gasteiger partial charge is 0.504 e. The Morgan fingerprint density at radius 1 is 0.966 bits per heavy atom. The zero-order valence-electron chi connectivity index (χ0n) is 16.7. The van der Waals surface area contributed by atoms with Crippen LogP contribution in [0, 0.1) is 5.92 Å². The van der Waals surface area contributed by atoms with Crippen LogP contribution in [-0.4, -0.2) is 53.1 Å². The number of aromatic hydroxyl groups is 2. The Morgan fingerprint density at radius 3 is 2.07 bits per heavy atom. The highest BCUT2D eigenvalue weighted by molar-refractivity contribution is 5.81. The van der Waals surface area contributed by atoms with Crippen LogP contribution in [0.3, 0.4) is 0 Å². The molecule has 0 aliphatic heterocycles.